The highest BCUT2D eigenvalue weighted by Crippen LogP contribution is 2.33. The monoisotopic (exact) mass is 496 g/mol. The first-order valence-electron chi connectivity index (χ1n) is 10.1. The number of halogens is 1. The van der Waals surface area contributed by atoms with Crippen LogP contribution in [0.1, 0.15) is 25.5 Å². The van der Waals surface area contributed by atoms with E-state index in [9.17, 15) is 0 Å². The second kappa shape index (κ2) is 9.25. The van der Waals surface area contributed by atoms with Crippen molar-refractivity contribution < 1.29 is 9.47 Å². The molecule has 1 aromatic carbocycles. The van der Waals surface area contributed by atoms with Gasteiger partial charge in [-0.3, -0.25) is 0 Å². The maximum Gasteiger partial charge on any atom is 0.247 e. The maximum absolute atomic E-state index is 5.88. The van der Waals surface area contributed by atoms with Crippen molar-refractivity contribution in [2.45, 2.75) is 32.2 Å². The number of nitrogens with one attached hydrogen (secondary N) is 1. The van der Waals surface area contributed by atoms with Crippen LogP contribution in [0.5, 0.6) is 0 Å². The van der Waals surface area contributed by atoms with Crippen molar-refractivity contribution in [3.05, 3.63) is 29.1 Å². The average Bonchev–Trinajstić information content (AvgIpc) is 3.28. The van der Waals surface area contributed by atoms with Crippen molar-refractivity contribution in [1.29, 1.82) is 0 Å². The van der Waals surface area contributed by atoms with Crippen LogP contribution in [0.3, 0.4) is 0 Å². The van der Waals surface area contributed by atoms with E-state index in [0.29, 0.717) is 17.4 Å². The van der Waals surface area contributed by atoms with Crippen LogP contribution in [0, 0.1) is 0 Å². The molecular weight excluding hydrogens is 468 g/mol. The molecule has 3 heterocycles. The normalized spacial score (nSPS) is 18.1. The van der Waals surface area contributed by atoms with Crippen molar-refractivity contribution in [2.24, 2.45) is 0 Å². The lowest BCUT2D eigenvalue weighted by Gasteiger charge is -2.24. The number of rotatable bonds is 8. The number of nitrogens with zero attached hydrogens (tertiary/aromatic N) is 5. The quantitative estimate of drug-likeness (QED) is 0.462. The van der Waals surface area contributed by atoms with Gasteiger partial charge in [0.2, 0.25) is 5.95 Å². The van der Waals surface area contributed by atoms with E-state index in [2.05, 4.69) is 67.3 Å². The van der Waals surface area contributed by atoms with E-state index < -0.39 is 10.0 Å². The smallest absolute Gasteiger partial charge is 0.247 e. The molecule has 1 aliphatic heterocycles. The van der Waals surface area contributed by atoms with Gasteiger partial charge in [-0.1, -0.05) is 0 Å². The Morgan fingerprint density at radius 2 is 2.17 bits per heavy atom. The van der Waals surface area contributed by atoms with E-state index in [1.54, 1.807) is 4.68 Å². The highest BCUT2D eigenvalue weighted by Gasteiger charge is 2.18. The SMILES string of the molecule is CS(C)(C)CCOCn1nc(Nc2ccc3c(cnn3C3CCCCO3)c2)nc1Br. The largest absolute Gasteiger partial charge is 0.358 e. The van der Waals surface area contributed by atoms with Crippen LogP contribution < -0.4 is 5.32 Å². The van der Waals surface area contributed by atoms with Crippen LogP contribution >= 0.6 is 26.0 Å². The second-order valence-corrected chi connectivity index (χ2v) is 13.6. The Morgan fingerprint density at radius 3 is 2.93 bits per heavy atom. The summed E-state index contributed by atoms with van der Waals surface area (Å²) in [6.45, 7) is 1.90. The average molecular weight is 497 g/mol. The minimum atomic E-state index is -0.557. The Bertz CT molecular complexity index is 993. The summed E-state index contributed by atoms with van der Waals surface area (Å²) in [7, 11) is -0.557. The van der Waals surface area contributed by atoms with E-state index in [4.69, 9.17) is 9.47 Å². The number of ether oxygens (including phenoxy) is 2. The van der Waals surface area contributed by atoms with Crippen molar-refractivity contribution in [3.8, 4) is 0 Å². The molecule has 2 aromatic heterocycles. The van der Waals surface area contributed by atoms with Crippen LogP contribution in [-0.4, -0.2) is 62.3 Å². The summed E-state index contributed by atoms with van der Waals surface area (Å²) in [5.41, 5.74) is 1.98. The Hall–Kier alpha value is -1.62. The third-order valence-electron chi connectivity index (χ3n) is 4.96. The summed E-state index contributed by atoms with van der Waals surface area (Å²) in [5, 5.41) is 13.4. The number of fused-ring (bicyclic) bond motifs is 1. The summed E-state index contributed by atoms with van der Waals surface area (Å²) in [5.74, 6) is 1.60. The van der Waals surface area contributed by atoms with Gasteiger partial charge in [-0.15, -0.1) is 5.10 Å². The molecule has 0 bridgehead atoms. The predicted molar refractivity (Wildman–Crippen MR) is 126 cm³/mol. The summed E-state index contributed by atoms with van der Waals surface area (Å²) in [6.07, 6.45) is 12.1. The first kappa shape index (κ1) is 21.6. The van der Waals surface area contributed by atoms with Gasteiger partial charge in [0, 0.05) is 23.4 Å². The molecule has 1 unspecified atom stereocenters. The standard InChI is InChI=1S/C20H29BrN6O2S/c1-30(2,3)11-10-28-14-26-19(21)24-20(25-26)23-16-7-8-17-15(12-16)13-22-27(17)18-6-4-5-9-29-18/h7-8,12-13,18H,4-6,9-11,14H2,1-3H3,(H,23,25). The molecule has 10 heteroatoms. The molecule has 0 amide bonds. The lowest BCUT2D eigenvalue weighted by atomic mass is 10.2. The molecule has 3 aromatic rings. The molecular formula is C20H29BrN6O2S. The molecule has 4 rings (SSSR count). The van der Waals surface area contributed by atoms with E-state index >= 15 is 0 Å². The van der Waals surface area contributed by atoms with Gasteiger partial charge in [0.05, 0.1) is 18.3 Å². The molecule has 0 aliphatic carbocycles. The van der Waals surface area contributed by atoms with E-state index in [1.165, 1.54) is 6.42 Å². The van der Waals surface area contributed by atoms with Crippen LogP contribution in [0.15, 0.2) is 29.1 Å². The third-order valence-corrected chi connectivity index (χ3v) is 6.94. The molecule has 164 valence electrons. The first-order valence-corrected chi connectivity index (χ1v) is 13.9. The Balaban J connectivity index is 1.40. The number of aromatic nitrogens is 5. The molecule has 30 heavy (non-hydrogen) atoms. The summed E-state index contributed by atoms with van der Waals surface area (Å²) in [4.78, 5) is 4.43. The van der Waals surface area contributed by atoms with Gasteiger partial charge in [0.25, 0.3) is 0 Å². The zero-order valence-corrected chi connectivity index (χ0v) is 20.1. The van der Waals surface area contributed by atoms with Gasteiger partial charge in [-0.05, 0) is 72.2 Å². The zero-order chi connectivity index (χ0) is 21.1. The Kier molecular flexibility index (Phi) is 6.66. The third kappa shape index (κ3) is 5.35. The highest BCUT2D eigenvalue weighted by molar-refractivity contribution is 9.10. The number of benzene rings is 1. The molecule has 0 spiro atoms. The fraction of sp³-hybridized carbons (Fsp3) is 0.550. The van der Waals surface area contributed by atoms with Gasteiger partial charge < -0.3 is 14.8 Å². The zero-order valence-electron chi connectivity index (χ0n) is 17.7. The molecule has 0 saturated carbocycles. The second-order valence-electron chi connectivity index (χ2n) is 8.35. The topological polar surface area (TPSA) is 79.0 Å². The first-order chi connectivity index (χ1) is 14.4. The van der Waals surface area contributed by atoms with Crippen LogP contribution in [0.25, 0.3) is 10.9 Å². The molecule has 1 atom stereocenters. The van der Waals surface area contributed by atoms with Gasteiger partial charge >= 0.3 is 0 Å². The molecule has 0 radical (unpaired) electrons. The number of anilines is 2. The summed E-state index contributed by atoms with van der Waals surface area (Å²) >= 11 is 3.46. The molecule has 1 fully saturated rings. The van der Waals surface area contributed by atoms with Gasteiger partial charge in [0.1, 0.15) is 6.73 Å². The fourth-order valence-electron chi connectivity index (χ4n) is 3.32. The van der Waals surface area contributed by atoms with Crippen molar-refractivity contribution in [2.75, 3.05) is 43.1 Å². The molecule has 1 aliphatic rings. The summed E-state index contributed by atoms with van der Waals surface area (Å²) < 4.78 is 16.0. The van der Waals surface area contributed by atoms with Crippen molar-refractivity contribution in [3.63, 3.8) is 0 Å². The number of hydrogen-bond donors (Lipinski definition) is 1. The van der Waals surface area contributed by atoms with Crippen molar-refractivity contribution in [1.82, 2.24) is 24.5 Å². The Labute approximate surface area is 186 Å². The van der Waals surface area contributed by atoms with Gasteiger partial charge in [0.15, 0.2) is 11.0 Å². The predicted octanol–water partition coefficient (Wildman–Crippen LogP) is 4.50. The maximum atomic E-state index is 5.88. The van der Waals surface area contributed by atoms with Crippen LogP contribution in [0.4, 0.5) is 11.6 Å². The van der Waals surface area contributed by atoms with Crippen molar-refractivity contribution >= 4 is 48.5 Å². The van der Waals surface area contributed by atoms with E-state index in [-0.39, 0.29) is 6.23 Å². The Morgan fingerprint density at radius 1 is 1.30 bits per heavy atom. The summed E-state index contributed by atoms with van der Waals surface area (Å²) in [6, 6.07) is 6.13. The lowest BCUT2D eigenvalue weighted by molar-refractivity contribution is -0.0366. The highest BCUT2D eigenvalue weighted by atomic mass is 79.9. The van der Waals surface area contributed by atoms with E-state index in [1.807, 2.05) is 16.9 Å². The number of hydrogen-bond acceptors (Lipinski definition) is 6. The van der Waals surface area contributed by atoms with Crippen LogP contribution in [-0.2, 0) is 16.2 Å². The lowest BCUT2D eigenvalue weighted by Crippen LogP contribution is -2.18. The van der Waals surface area contributed by atoms with Gasteiger partial charge in [-0.2, -0.15) is 10.1 Å². The minimum Gasteiger partial charge on any atom is -0.358 e. The molecule has 1 N–H and O–H groups in total. The van der Waals surface area contributed by atoms with Gasteiger partial charge in [-0.25, -0.2) is 19.4 Å². The molecule has 8 nitrogen and oxygen atoms in total. The van der Waals surface area contributed by atoms with Crippen LogP contribution in [0.2, 0.25) is 0 Å². The minimum absolute atomic E-state index is 0.0308. The fourth-order valence-corrected chi connectivity index (χ4v) is 4.29. The molecule has 1 saturated heterocycles. The van der Waals surface area contributed by atoms with E-state index in [0.717, 1.165) is 48.4 Å².